The van der Waals surface area contributed by atoms with E-state index < -0.39 is 0 Å². The highest BCUT2D eigenvalue weighted by Crippen LogP contribution is 2.68. The lowest BCUT2D eigenvalue weighted by atomic mass is 9.45. The molecule has 3 fully saturated rings. The highest BCUT2D eigenvalue weighted by Gasteiger charge is 2.68. The van der Waals surface area contributed by atoms with Crippen LogP contribution >= 0.6 is 0 Å². The summed E-state index contributed by atoms with van der Waals surface area (Å²) in [4.78, 5) is 18.0. The molecule has 35 heavy (non-hydrogen) atoms. The Kier molecular flexibility index (Phi) is 4.67. The van der Waals surface area contributed by atoms with Crippen molar-refractivity contribution in [3.05, 3.63) is 71.7 Å². The van der Waals surface area contributed by atoms with Crippen LogP contribution in [0.4, 0.5) is 0 Å². The molecule has 5 heteroatoms. The number of benzene rings is 1. The molecular formula is C30H34N2O3. The average Bonchev–Trinajstić information content (AvgIpc) is 3.43. The van der Waals surface area contributed by atoms with E-state index >= 15 is 0 Å². The molecule has 1 N–H and O–H groups in total. The van der Waals surface area contributed by atoms with E-state index in [1.165, 1.54) is 30.5 Å². The van der Waals surface area contributed by atoms with Crippen LogP contribution in [0.5, 0.6) is 5.75 Å². The van der Waals surface area contributed by atoms with E-state index in [4.69, 9.17) is 4.42 Å². The van der Waals surface area contributed by atoms with Gasteiger partial charge in [0.05, 0.1) is 12.5 Å². The molecule has 2 heterocycles. The second-order valence-corrected chi connectivity index (χ2v) is 11.8. The predicted octanol–water partition coefficient (Wildman–Crippen LogP) is 4.77. The van der Waals surface area contributed by atoms with Crippen molar-refractivity contribution in [2.45, 2.75) is 56.0 Å². The van der Waals surface area contributed by atoms with Gasteiger partial charge in [-0.15, -0.1) is 0 Å². The van der Waals surface area contributed by atoms with Crippen LogP contribution in [-0.2, 0) is 16.6 Å². The Morgan fingerprint density at radius 2 is 2.14 bits per heavy atom. The average molecular weight is 471 g/mol. The first-order chi connectivity index (χ1) is 17.0. The van der Waals surface area contributed by atoms with Crippen molar-refractivity contribution in [3.63, 3.8) is 0 Å². The predicted molar refractivity (Wildman–Crippen MR) is 135 cm³/mol. The largest absolute Gasteiger partial charge is 0.508 e. The monoisotopic (exact) mass is 470 g/mol. The van der Waals surface area contributed by atoms with Crippen LogP contribution in [0.3, 0.4) is 0 Å². The molecule has 2 saturated carbocycles. The van der Waals surface area contributed by atoms with Crippen molar-refractivity contribution in [3.8, 4) is 5.75 Å². The summed E-state index contributed by atoms with van der Waals surface area (Å²) in [5.74, 6) is 1.64. The van der Waals surface area contributed by atoms with Gasteiger partial charge in [-0.25, -0.2) is 0 Å². The van der Waals surface area contributed by atoms with E-state index in [1.54, 1.807) is 18.6 Å². The van der Waals surface area contributed by atoms with Gasteiger partial charge in [-0.3, -0.25) is 9.69 Å². The number of hydrogen-bond acceptors (Lipinski definition) is 4. The number of rotatable bonds is 5. The number of likely N-dealkylation sites (tertiary alicyclic amines) is 1. The van der Waals surface area contributed by atoms with E-state index in [-0.39, 0.29) is 22.8 Å². The zero-order valence-corrected chi connectivity index (χ0v) is 20.4. The minimum atomic E-state index is 0.000526. The number of furan rings is 1. The first-order valence-electron chi connectivity index (χ1n) is 13.2. The Morgan fingerprint density at radius 3 is 2.94 bits per heavy atom. The van der Waals surface area contributed by atoms with E-state index in [1.807, 2.05) is 36.2 Å². The number of piperidine rings is 1. The fourth-order valence-corrected chi connectivity index (χ4v) is 8.23. The number of carbonyl (C=O) groups is 1. The second kappa shape index (κ2) is 7.60. The van der Waals surface area contributed by atoms with E-state index in [0.717, 1.165) is 43.7 Å². The van der Waals surface area contributed by atoms with Crippen LogP contribution in [0, 0.1) is 17.3 Å². The van der Waals surface area contributed by atoms with Crippen LogP contribution in [0.1, 0.15) is 48.8 Å². The number of aromatic hydroxyl groups is 1. The van der Waals surface area contributed by atoms with Gasteiger partial charge in [0.2, 0.25) is 5.91 Å². The molecule has 5 aliphatic rings. The quantitative estimate of drug-likeness (QED) is 0.505. The zero-order chi connectivity index (χ0) is 23.8. The smallest absolute Gasteiger partial charge is 0.246 e. The van der Waals surface area contributed by atoms with Gasteiger partial charge in [0, 0.05) is 48.1 Å². The maximum atomic E-state index is 13.3. The van der Waals surface area contributed by atoms with Gasteiger partial charge < -0.3 is 14.4 Å². The molecule has 0 unspecified atom stereocenters. The lowest BCUT2D eigenvalue weighted by molar-refractivity contribution is -0.135. The van der Waals surface area contributed by atoms with Crippen molar-refractivity contribution in [2.24, 2.45) is 17.3 Å². The van der Waals surface area contributed by atoms with Crippen LogP contribution < -0.4 is 0 Å². The number of hydrogen-bond donors (Lipinski definition) is 1. The van der Waals surface area contributed by atoms with Crippen LogP contribution in [0.15, 0.2) is 59.4 Å². The van der Waals surface area contributed by atoms with Crippen LogP contribution in [-0.4, -0.2) is 53.0 Å². The van der Waals surface area contributed by atoms with E-state index in [2.05, 4.69) is 23.1 Å². The van der Waals surface area contributed by atoms with Crippen molar-refractivity contribution in [1.29, 1.82) is 0 Å². The molecule has 5 nitrogen and oxygen atoms in total. The normalized spacial score (nSPS) is 35.2. The summed E-state index contributed by atoms with van der Waals surface area (Å²) in [5.41, 5.74) is 3.81. The summed E-state index contributed by atoms with van der Waals surface area (Å²) >= 11 is 0. The van der Waals surface area contributed by atoms with Crippen LogP contribution in [0.25, 0.3) is 6.08 Å². The van der Waals surface area contributed by atoms with Crippen molar-refractivity contribution in [1.82, 2.24) is 9.80 Å². The van der Waals surface area contributed by atoms with Crippen molar-refractivity contribution >= 4 is 12.0 Å². The third-order valence-electron chi connectivity index (χ3n) is 10.0. The summed E-state index contributed by atoms with van der Waals surface area (Å²) in [6.45, 7) is 2.32. The SMILES string of the molecule is CN(C(=O)C=Cc1ccoc1)[C@H]1C[C@@]23CCN(CC4CC4)[C@H]4C=C[C@@H]1C[C@]42Cc1ccc(O)cc13. The first kappa shape index (κ1) is 21.5. The summed E-state index contributed by atoms with van der Waals surface area (Å²) in [5, 5.41) is 10.5. The topological polar surface area (TPSA) is 56.9 Å². The zero-order valence-electron chi connectivity index (χ0n) is 20.4. The molecule has 2 bridgehead atoms. The summed E-state index contributed by atoms with van der Waals surface area (Å²) < 4.78 is 5.14. The fourth-order valence-electron chi connectivity index (χ4n) is 8.23. The third-order valence-corrected chi connectivity index (χ3v) is 10.0. The molecule has 5 atom stereocenters. The molecule has 0 radical (unpaired) electrons. The molecular weight excluding hydrogens is 436 g/mol. The molecule has 7 rings (SSSR count). The summed E-state index contributed by atoms with van der Waals surface area (Å²) in [6, 6.07) is 8.53. The van der Waals surface area contributed by atoms with Gasteiger partial charge in [0.25, 0.3) is 0 Å². The van der Waals surface area contributed by atoms with E-state index in [0.29, 0.717) is 17.7 Å². The Morgan fingerprint density at radius 1 is 1.26 bits per heavy atom. The van der Waals surface area contributed by atoms with Gasteiger partial charge in [0.1, 0.15) is 5.75 Å². The summed E-state index contributed by atoms with van der Waals surface area (Å²) in [7, 11) is 1.97. The minimum absolute atomic E-state index is 0.000526. The van der Waals surface area contributed by atoms with Gasteiger partial charge in [-0.1, -0.05) is 18.2 Å². The Bertz CT molecular complexity index is 1210. The number of carbonyl (C=O) groups excluding carboxylic acids is 1. The Balaban J connectivity index is 1.27. The second-order valence-electron chi connectivity index (χ2n) is 11.8. The molecule has 1 aliphatic heterocycles. The maximum Gasteiger partial charge on any atom is 0.246 e. The lowest BCUT2D eigenvalue weighted by Crippen LogP contribution is -2.68. The van der Waals surface area contributed by atoms with E-state index in [9.17, 15) is 9.90 Å². The molecule has 1 aromatic carbocycles. The summed E-state index contributed by atoms with van der Waals surface area (Å²) in [6.07, 6.45) is 18.7. The molecule has 2 aromatic rings. The number of fused-ring (bicyclic) bond motifs is 2. The van der Waals surface area contributed by atoms with Crippen LogP contribution in [0.2, 0.25) is 0 Å². The Labute approximate surface area is 207 Å². The number of nitrogens with zero attached hydrogens (tertiary/aromatic N) is 2. The van der Waals surface area contributed by atoms with Crippen molar-refractivity contribution in [2.75, 3.05) is 20.1 Å². The van der Waals surface area contributed by atoms with Crippen molar-refractivity contribution < 1.29 is 14.3 Å². The van der Waals surface area contributed by atoms with Gasteiger partial charge >= 0.3 is 0 Å². The number of phenolic OH excluding ortho intramolecular Hbond substituents is 1. The lowest BCUT2D eigenvalue weighted by Gasteiger charge is -2.65. The molecule has 4 aliphatic carbocycles. The molecule has 1 spiro atoms. The molecule has 182 valence electrons. The fraction of sp³-hybridized carbons (Fsp3) is 0.500. The highest BCUT2D eigenvalue weighted by atomic mass is 16.3. The maximum absolute atomic E-state index is 13.3. The highest BCUT2D eigenvalue weighted by molar-refractivity contribution is 5.91. The molecule has 1 amide bonds. The molecule has 1 aromatic heterocycles. The molecule has 1 saturated heterocycles. The first-order valence-corrected chi connectivity index (χ1v) is 13.2. The number of phenols is 1. The standard InChI is InChI=1S/C30H34N2O3/c1-31(28(34)9-4-21-10-13-35-19-21)26-17-29-11-12-32(18-20-2-3-20)27-8-6-23(26)16-30(27,29)15-22-5-7-24(33)14-25(22)29/h4-10,13-14,19-20,23,26-27,33H,2-3,11-12,15-18H2,1H3/t23-,26+,27+,29-,30-/m1/s1. The third kappa shape index (κ3) is 3.13. The van der Waals surface area contributed by atoms with Gasteiger partial charge in [0.15, 0.2) is 0 Å². The number of amides is 1. The Hall–Kier alpha value is -2.79. The van der Waals surface area contributed by atoms with Gasteiger partial charge in [-0.05, 0) is 92.3 Å². The minimum Gasteiger partial charge on any atom is -0.508 e. The van der Waals surface area contributed by atoms with Gasteiger partial charge in [-0.2, -0.15) is 0 Å². The number of likely N-dealkylation sites (N-methyl/N-ethyl adjacent to an activating group) is 1.